The molecular weight excluding hydrogens is 317 g/mol. The van der Waals surface area contributed by atoms with Gasteiger partial charge in [-0.15, -0.1) is 24.0 Å². The van der Waals surface area contributed by atoms with Crippen LogP contribution in [0.15, 0.2) is 30.3 Å². The maximum Gasteiger partial charge on any atom is 0.137 e. The Morgan fingerprint density at radius 3 is 2.41 bits per heavy atom. The van der Waals surface area contributed by atoms with Gasteiger partial charge in [0.1, 0.15) is 5.82 Å². The van der Waals surface area contributed by atoms with Crippen molar-refractivity contribution in [3.63, 3.8) is 0 Å². The van der Waals surface area contributed by atoms with E-state index in [0.717, 1.165) is 36.0 Å². The quantitative estimate of drug-likeness (QED) is 0.763. The minimum Gasteiger partial charge on any atom is -0.356 e. The van der Waals surface area contributed by atoms with Crippen molar-refractivity contribution < 1.29 is 0 Å². The third kappa shape index (κ3) is 3.26. The van der Waals surface area contributed by atoms with E-state index in [0.29, 0.717) is 5.88 Å². The molecule has 0 N–H and O–H groups in total. The second kappa shape index (κ2) is 7.38. The minimum absolute atomic E-state index is 0. The van der Waals surface area contributed by atoms with Gasteiger partial charge in [0.15, 0.2) is 0 Å². The average Bonchev–Trinajstić information content (AvgIpc) is 2.85. The fourth-order valence-electron chi connectivity index (χ4n) is 3.00. The van der Waals surface area contributed by atoms with E-state index in [2.05, 4.69) is 40.8 Å². The molecule has 1 aliphatic heterocycles. The third-order valence-electron chi connectivity index (χ3n) is 4.37. The SMILES string of the molecule is Cc1nn(-c2ccccc2)c(N2CCC(C)CC2)c1CCl.Cl. The molecule has 3 nitrogen and oxygen atoms in total. The monoisotopic (exact) mass is 339 g/mol. The summed E-state index contributed by atoms with van der Waals surface area (Å²) in [5.74, 6) is 2.51. The molecule has 0 bridgehead atoms. The first-order chi connectivity index (χ1) is 10.2. The molecule has 0 atom stereocenters. The van der Waals surface area contributed by atoms with Gasteiger partial charge in [-0.2, -0.15) is 5.10 Å². The van der Waals surface area contributed by atoms with Crippen molar-refractivity contribution in [1.29, 1.82) is 0 Å². The van der Waals surface area contributed by atoms with E-state index < -0.39 is 0 Å². The Morgan fingerprint density at radius 2 is 1.82 bits per heavy atom. The lowest BCUT2D eigenvalue weighted by Gasteiger charge is -2.33. The molecule has 0 aliphatic carbocycles. The van der Waals surface area contributed by atoms with Crippen LogP contribution in [-0.2, 0) is 5.88 Å². The smallest absolute Gasteiger partial charge is 0.137 e. The topological polar surface area (TPSA) is 21.1 Å². The predicted molar refractivity (Wildman–Crippen MR) is 95.7 cm³/mol. The van der Waals surface area contributed by atoms with Crippen LogP contribution in [-0.4, -0.2) is 22.9 Å². The number of anilines is 1. The molecule has 1 saturated heterocycles. The summed E-state index contributed by atoms with van der Waals surface area (Å²) in [5.41, 5.74) is 3.29. The molecular formula is C17H23Cl2N3. The zero-order valence-corrected chi connectivity index (χ0v) is 14.7. The number of benzene rings is 1. The highest BCUT2D eigenvalue weighted by Crippen LogP contribution is 2.31. The van der Waals surface area contributed by atoms with Gasteiger partial charge in [0.25, 0.3) is 0 Å². The first-order valence-corrected chi connectivity index (χ1v) is 8.19. The summed E-state index contributed by atoms with van der Waals surface area (Å²) < 4.78 is 2.06. The summed E-state index contributed by atoms with van der Waals surface area (Å²) in [6.07, 6.45) is 2.47. The van der Waals surface area contributed by atoms with E-state index in [1.807, 2.05) is 13.0 Å². The molecule has 0 saturated carbocycles. The number of nitrogens with zero attached hydrogens (tertiary/aromatic N) is 3. The lowest BCUT2D eigenvalue weighted by Crippen LogP contribution is -2.34. The first kappa shape index (κ1) is 17.2. The molecule has 0 radical (unpaired) electrons. The van der Waals surface area contributed by atoms with Gasteiger partial charge >= 0.3 is 0 Å². The summed E-state index contributed by atoms with van der Waals surface area (Å²) in [7, 11) is 0. The molecule has 120 valence electrons. The number of halogens is 2. The fourth-order valence-corrected chi connectivity index (χ4v) is 3.31. The predicted octanol–water partition coefficient (Wildman–Crippen LogP) is 4.58. The Hall–Kier alpha value is -1.19. The molecule has 1 fully saturated rings. The second-order valence-electron chi connectivity index (χ2n) is 5.94. The minimum atomic E-state index is 0. The average molecular weight is 340 g/mol. The van der Waals surface area contributed by atoms with Crippen LogP contribution in [0.1, 0.15) is 31.0 Å². The summed E-state index contributed by atoms with van der Waals surface area (Å²) >= 11 is 6.21. The number of rotatable bonds is 3. The van der Waals surface area contributed by atoms with Crippen molar-refractivity contribution in [1.82, 2.24) is 9.78 Å². The maximum absolute atomic E-state index is 6.21. The molecule has 2 aromatic rings. The molecule has 5 heteroatoms. The molecule has 1 aromatic heterocycles. The van der Waals surface area contributed by atoms with Crippen LogP contribution in [0.5, 0.6) is 0 Å². The number of para-hydroxylation sites is 1. The van der Waals surface area contributed by atoms with Crippen molar-refractivity contribution in [3.05, 3.63) is 41.6 Å². The largest absolute Gasteiger partial charge is 0.356 e. The number of alkyl halides is 1. The highest BCUT2D eigenvalue weighted by Gasteiger charge is 2.24. The molecule has 3 rings (SSSR count). The van der Waals surface area contributed by atoms with Crippen molar-refractivity contribution in [3.8, 4) is 5.69 Å². The fraction of sp³-hybridized carbons (Fsp3) is 0.471. The zero-order chi connectivity index (χ0) is 14.8. The van der Waals surface area contributed by atoms with Gasteiger partial charge in [0, 0.05) is 18.7 Å². The van der Waals surface area contributed by atoms with Gasteiger partial charge in [0.05, 0.1) is 17.3 Å². The Labute approximate surface area is 143 Å². The van der Waals surface area contributed by atoms with E-state index in [1.54, 1.807) is 0 Å². The summed E-state index contributed by atoms with van der Waals surface area (Å²) in [6, 6.07) is 10.3. The number of hydrogen-bond acceptors (Lipinski definition) is 2. The van der Waals surface area contributed by atoms with Gasteiger partial charge in [-0.3, -0.25) is 0 Å². The highest BCUT2D eigenvalue weighted by molar-refractivity contribution is 6.17. The number of aryl methyl sites for hydroxylation is 1. The van der Waals surface area contributed by atoms with Crippen LogP contribution < -0.4 is 4.90 Å². The van der Waals surface area contributed by atoms with E-state index in [1.165, 1.54) is 18.7 Å². The Kier molecular flexibility index (Phi) is 5.76. The van der Waals surface area contributed by atoms with Crippen LogP contribution in [0.4, 0.5) is 5.82 Å². The van der Waals surface area contributed by atoms with Gasteiger partial charge in [-0.05, 0) is 37.8 Å². The van der Waals surface area contributed by atoms with Crippen LogP contribution in [0.2, 0.25) is 0 Å². The van der Waals surface area contributed by atoms with Crippen LogP contribution in [0.3, 0.4) is 0 Å². The first-order valence-electron chi connectivity index (χ1n) is 7.65. The lowest BCUT2D eigenvalue weighted by atomic mass is 9.99. The van der Waals surface area contributed by atoms with E-state index in [-0.39, 0.29) is 12.4 Å². The van der Waals surface area contributed by atoms with Crippen molar-refractivity contribution in [2.24, 2.45) is 5.92 Å². The van der Waals surface area contributed by atoms with Gasteiger partial charge in [-0.1, -0.05) is 25.1 Å². The summed E-state index contributed by atoms with van der Waals surface area (Å²) in [6.45, 7) is 6.55. The molecule has 1 aromatic carbocycles. The molecule has 0 spiro atoms. The van der Waals surface area contributed by atoms with E-state index >= 15 is 0 Å². The summed E-state index contributed by atoms with van der Waals surface area (Å²) in [5, 5.41) is 4.74. The van der Waals surface area contributed by atoms with Crippen molar-refractivity contribution in [2.45, 2.75) is 32.6 Å². The summed E-state index contributed by atoms with van der Waals surface area (Å²) in [4.78, 5) is 2.45. The van der Waals surface area contributed by atoms with Crippen LogP contribution in [0, 0.1) is 12.8 Å². The Morgan fingerprint density at radius 1 is 1.18 bits per heavy atom. The molecule has 0 unspecified atom stereocenters. The second-order valence-corrected chi connectivity index (χ2v) is 6.21. The van der Waals surface area contributed by atoms with Crippen LogP contribution >= 0.6 is 24.0 Å². The van der Waals surface area contributed by atoms with E-state index in [9.17, 15) is 0 Å². The van der Waals surface area contributed by atoms with E-state index in [4.69, 9.17) is 16.7 Å². The highest BCUT2D eigenvalue weighted by atomic mass is 35.5. The van der Waals surface area contributed by atoms with Gasteiger partial charge < -0.3 is 4.90 Å². The van der Waals surface area contributed by atoms with Crippen molar-refractivity contribution in [2.75, 3.05) is 18.0 Å². The lowest BCUT2D eigenvalue weighted by molar-refractivity contribution is 0.434. The molecule has 0 amide bonds. The molecule has 1 aliphatic rings. The standard InChI is InChI=1S/C17H22ClN3.ClH/c1-13-8-10-20(11-9-13)17-16(12-18)14(2)19-21(17)15-6-4-3-5-7-15;/h3-7,13H,8-12H2,1-2H3;1H. The zero-order valence-electron chi connectivity index (χ0n) is 13.1. The van der Waals surface area contributed by atoms with Gasteiger partial charge in [0.2, 0.25) is 0 Å². The number of aromatic nitrogens is 2. The Bertz CT molecular complexity index is 602. The molecule has 2 heterocycles. The maximum atomic E-state index is 6.21. The molecule has 22 heavy (non-hydrogen) atoms. The Balaban J connectivity index is 0.00000176. The van der Waals surface area contributed by atoms with Crippen LogP contribution in [0.25, 0.3) is 5.69 Å². The normalized spacial score (nSPS) is 15.7. The van der Waals surface area contributed by atoms with Gasteiger partial charge in [-0.25, -0.2) is 4.68 Å². The number of hydrogen-bond donors (Lipinski definition) is 0. The van der Waals surface area contributed by atoms with Crippen molar-refractivity contribution >= 4 is 29.8 Å². The third-order valence-corrected chi connectivity index (χ3v) is 4.64. The number of piperidine rings is 1.